The first-order valence-electron chi connectivity index (χ1n) is 3.23. The Morgan fingerprint density at radius 1 is 1.42 bits per heavy atom. The molecule has 0 aliphatic carbocycles. The molecule has 0 bridgehead atoms. The maximum absolute atomic E-state index is 8.36. The van der Waals surface area contributed by atoms with Gasteiger partial charge in [-0.1, -0.05) is 18.2 Å². The second-order valence-corrected chi connectivity index (χ2v) is 1.85. The van der Waals surface area contributed by atoms with Gasteiger partial charge in [0.1, 0.15) is 0 Å². The number of hydrogen-bond donors (Lipinski definition) is 2. The molecule has 2 N–H and O–H groups in total. The van der Waals surface area contributed by atoms with E-state index < -0.39 is 5.09 Å². The molecule has 0 saturated carbocycles. The Balaban J connectivity index is 0.000000261. The summed E-state index contributed by atoms with van der Waals surface area (Å²) in [5.74, 6) is 0. The van der Waals surface area contributed by atoms with Crippen LogP contribution in [0.5, 0.6) is 0 Å². The summed E-state index contributed by atoms with van der Waals surface area (Å²) in [4.78, 5) is 8.36. The summed E-state index contributed by atoms with van der Waals surface area (Å²) in [6.07, 6.45) is 0. The van der Waals surface area contributed by atoms with Gasteiger partial charge in [0.2, 0.25) is 0 Å². The molecule has 5 heteroatoms. The monoisotopic (exact) mass is 170 g/mol. The Labute approximate surface area is 69.8 Å². The van der Waals surface area contributed by atoms with Crippen molar-refractivity contribution in [2.45, 2.75) is 0 Å². The van der Waals surface area contributed by atoms with Crippen LogP contribution < -0.4 is 5.32 Å². The summed E-state index contributed by atoms with van der Waals surface area (Å²) >= 11 is 0. The largest absolute Gasteiger partial charge is 0.388 e. The van der Waals surface area contributed by atoms with Crippen LogP contribution in [0.2, 0.25) is 0 Å². The minimum absolute atomic E-state index is 1.16. The highest BCUT2D eigenvalue weighted by Gasteiger charge is 1.77. The van der Waals surface area contributed by atoms with Gasteiger partial charge >= 0.3 is 0 Å². The molecule has 66 valence electrons. The van der Waals surface area contributed by atoms with E-state index in [1.165, 1.54) is 0 Å². The van der Waals surface area contributed by atoms with Crippen molar-refractivity contribution in [1.82, 2.24) is 0 Å². The molecule has 0 saturated heterocycles. The van der Waals surface area contributed by atoms with Crippen LogP contribution >= 0.6 is 0 Å². The zero-order valence-electron chi connectivity index (χ0n) is 6.60. The minimum atomic E-state index is -1.50. The fourth-order valence-electron chi connectivity index (χ4n) is 0.605. The van der Waals surface area contributed by atoms with Crippen LogP contribution in [0.15, 0.2) is 30.3 Å². The van der Waals surface area contributed by atoms with Crippen LogP contribution in [-0.4, -0.2) is 17.3 Å². The van der Waals surface area contributed by atoms with Gasteiger partial charge in [-0.25, -0.2) is 0 Å². The van der Waals surface area contributed by atoms with E-state index >= 15 is 0 Å². The quantitative estimate of drug-likeness (QED) is 0.493. The Bertz CT molecular complexity index is 221. The maximum atomic E-state index is 8.36. The summed E-state index contributed by atoms with van der Waals surface area (Å²) in [6, 6.07) is 10.1. The lowest BCUT2D eigenvalue weighted by molar-refractivity contribution is -0.742. The third-order valence-electron chi connectivity index (χ3n) is 1.06. The second-order valence-electron chi connectivity index (χ2n) is 1.85. The minimum Gasteiger partial charge on any atom is -0.388 e. The molecule has 0 radical (unpaired) electrons. The van der Waals surface area contributed by atoms with Gasteiger partial charge in [0, 0.05) is 12.7 Å². The molecule has 0 aromatic heterocycles. The lowest BCUT2D eigenvalue weighted by atomic mass is 10.3. The average Bonchev–Trinajstić information content (AvgIpc) is 2.05. The molecule has 0 heterocycles. The van der Waals surface area contributed by atoms with Gasteiger partial charge in [0.15, 0.2) is 0 Å². The van der Waals surface area contributed by atoms with Gasteiger partial charge in [-0.15, -0.1) is 10.1 Å². The SMILES string of the molecule is CNc1ccccc1.O=[N+]([O-])O. The van der Waals surface area contributed by atoms with Crippen LogP contribution in [0, 0.1) is 10.1 Å². The normalized spacial score (nSPS) is 7.75. The van der Waals surface area contributed by atoms with Crippen molar-refractivity contribution in [2.75, 3.05) is 12.4 Å². The number of nitrogens with zero attached hydrogens (tertiary/aromatic N) is 1. The zero-order valence-corrected chi connectivity index (χ0v) is 6.60. The Morgan fingerprint density at radius 2 is 1.83 bits per heavy atom. The molecule has 0 spiro atoms. The Morgan fingerprint density at radius 3 is 2.08 bits per heavy atom. The van der Waals surface area contributed by atoms with E-state index in [0.717, 1.165) is 5.69 Å². The first-order valence-corrected chi connectivity index (χ1v) is 3.23. The van der Waals surface area contributed by atoms with Crippen molar-refractivity contribution in [3.05, 3.63) is 40.4 Å². The fraction of sp³-hybridized carbons (Fsp3) is 0.143. The molecule has 0 aliphatic rings. The van der Waals surface area contributed by atoms with E-state index in [2.05, 4.69) is 5.32 Å². The number of benzene rings is 1. The van der Waals surface area contributed by atoms with Crippen LogP contribution in [-0.2, 0) is 0 Å². The first kappa shape index (κ1) is 10.2. The molecular weight excluding hydrogens is 160 g/mol. The number of rotatable bonds is 1. The van der Waals surface area contributed by atoms with Gasteiger partial charge in [-0.3, -0.25) is 0 Å². The highest BCUT2D eigenvalue weighted by atomic mass is 16.9. The van der Waals surface area contributed by atoms with E-state index in [1.54, 1.807) is 0 Å². The van der Waals surface area contributed by atoms with Crippen LogP contribution in [0.4, 0.5) is 5.69 Å². The number of para-hydroxylation sites is 1. The smallest absolute Gasteiger partial charge is 0.291 e. The predicted octanol–water partition coefficient (Wildman–Crippen LogP) is 1.38. The summed E-state index contributed by atoms with van der Waals surface area (Å²) in [5.41, 5.74) is 1.16. The summed E-state index contributed by atoms with van der Waals surface area (Å²) in [7, 11) is 1.91. The first-order chi connectivity index (χ1) is 5.66. The molecule has 12 heavy (non-hydrogen) atoms. The lowest BCUT2D eigenvalue weighted by Gasteiger charge is -1.94. The standard InChI is InChI=1S/C7H9N.HNO3/c1-8-7-5-3-2-4-6-7;2-1(3)4/h2-6,8H,1H3;(H,2,3,4). The molecule has 1 rings (SSSR count). The van der Waals surface area contributed by atoms with E-state index in [4.69, 9.17) is 15.3 Å². The number of nitrogens with one attached hydrogen (secondary N) is 1. The van der Waals surface area contributed by atoms with Crippen molar-refractivity contribution in [3.63, 3.8) is 0 Å². The van der Waals surface area contributed by atoms with Crippen molar-refractivity contribution >= 4 is 5.69 Å². The maximum Gasteiger partial charge on any atom is 0.291 e. The average molecular weight is 170 g/mol. The van der Waals surface area contributed by atoms with Crippen molar-refractivity contribution in [2.24, 2.45) is 0 Å². The molecule has 0 atom stereocenters. The lowest BCUT2D eigenvalue weighted by Crippen LogP contribution is -1.84. The second kappa shape index (κ2) is 5.96. The van der Waals surface area contributed by atoms with E-state index in [9.17, 15) is 0 Å². The van der Waals surface area contributed by atoms with E-state index in [0.29, 0.717) is 0 Å². The van der Waals surface area contributed by atoms with Crippen molar-refractivity contribution < 1.29 is 10.3 Å². The number of hydrogen-bond acceptors (Lipinski definition) is 3. The molecule has 0 amide bonds. The molecular formula is C7H10N2O3. The van der Waals surface area contributed by atoms with Gasteiger partial charge < -0.3 is 10.5 Å². The van der Waals surface area contributed by atoms with Crippen LogP contribution in [0.1, 0.15) is 0 Å². The molecule has 0 unspecified atom stereocenters. The molecule has 0 aliphatic heterocycles. The van der Waals surface area contributed by atoms with Gasteiger partial charge in [-0.2, -0.15) is 0 Å². The van der Waals surface area contributed by atoms with E-state index in [-0.39, 0.29) is 0 Å². The third kappa shape index (κ3) is 6.34. The van der Waals surface area contributed by atoms with Gasteiger partial charge in [0.25, 0.3) is 5.09 Å². The Hall–Kier alpha value is -1.78. The third-order valence-corrected chi connectivity index (χ3v) is 1.06. The fourth-order valence-corrected chi connectivity index (χ4v) is 0.605. The predicted molar refractivity (Wildman–Crippen MR) is 44.8 cm³/mol. The van der Waals surface area contributed by atoms with Gasteiger partial charge in [0.05, 0.1) is 0 Å². The zero-order chi connectivity index (χ0) is 9.40. The van der Waals surface area contributed by atoms with Gasteiger partial charge in [-0.05, 0) is 12.1 Å². The molecule has 0 fully saturated rings. The molecule has 1 aromatic carbocycles. The van der Waals surface area contributed by atoms with Crippen LogP contribution in [0.25, 0.3) is 0 Å². The van der Waals surface area contributed by atoms with Crippen molar-refractivity contribution in [1.29, 1.82) is 0 Å². The van der Waals surface area contributed by atoms with Crippen molar-refractivity contribution in [3.8, 4) is 0 Å². The van der Waals surface area contributed by atoms with E-state index in [1.807, 2.05) is 37.4 Å². The summed E-state index contributed by atoms with van der Waals surface area (Å²) in [5, 5.41) is 16.7. The summed E-state index contributed by atoms with van der Waals surface area (Å²) < 4.78 is 0. The number of anilines is 1. The topological polar surface area (TPSA) is 75.4 Å². The highest BCUT2D eigenvalue weighted by Crippen LogP contribution is 2.01. The Kier molecular flexibility index (Phi) is 5.08. The highest BCUT2D eigenvalue weighted by molar-refractivity contribution is 5.41. The molecule has 5 nitrogen and oxygen atoms in total. The van der Waals surface area contributed by atoms with Crippen LogP contribution in [0.3, 0.4) is 0 Å². The summed E-state index contributed by atoms with van der Waals surface area (Å²) in [6.45, 7) is 0. The molecule has 1 aromatic rings.